The Morgan fingerprint density at radius 2 is 2.12 bits per heavy atom. The van der Waals surface area contributed by atoms with Gasteiger partial charge in [-0.05, 0) is 17.4 Å². The second-order valence-electron chi connectivity index (χ2n) is 5.35. The lowest BCUT2D eigenvalue weighted by Crippen LogP contribution is -2.26. The summed E-state index contributed by atoms with van der Waals surface area (Å²) in [4.78, 5) is 13.1. The average Bonchev–Trinajstić information content (AvgIpc) is 2.66. The Hall–Kier alpha value is -1.32. The molecule has 0 aliphatic carbocycles. The molecule has 0 aromatic carbocycles. The van der Waals surface area contributed by atoms with Gasteiger partial charge in [-0.15, -0.1) is 0 Å². The molecule has 17 heavy (non-hydrogen) atoms. The van der Waals surface area contributed by atoms with Crippen molar-refractivity contribution in [2.24, 2.45) is 0 Å². The SMILES string of the molecule is CCCC(C)(C)c1cnn(CC(=O)N(C)C)c1. The van der Waals surface area contributed by atoms with Gasteiger partial charge in [-0.2, -0.15) is 5.10 Å². The molecule has 0 saturated carbocycles. The quantitative estimate of drug-likeness (QED) is 0.786. The molecule has 4 heteroatoms. The van der Waals surface area contributed by atoms with Crippen molar-refractivity contribution < 1.29 is 4.79 Å². The van der Waals surface area contributed by atoms with E-state index in [0.717, 1.165) is 12.8 Å². The zero-order valence-electron chi connectivity index (χ0n) is 11.5. The van der Waals surface area contributed by atoms with E-state index in [1.165, 1.54) is 5.56 Å². The fourth-order valence-corrected chi connectivity index (χ4v) is 1.85. The summed E-state index contributed by atoms with van der Waals surface area (Å²) in [6.45, 7) is 6.92. The van der Waals surface area contributed by atoms with E-state index in [0.29, 0.717) is 6.54 Å². The summed E-state index contributed by atoms with van der Waals surface area (Å²) in [6, 6.07) is 0. The highest BCUT2D eigenvalue weighted by atomic mass is 16.2. The minimum absolute atomic E-state index is 0.0629. The molecule has 0 saturated heterocycles. The van der Waals surface area contributed by atoms with Crippen LogP contribution in [0.15, 0.2) is 12.4 Å². The molecule has 0 spiro atoms. The molecule has 1 aromatic heterocycles. The van der Waals surface area contributed by atoms with Crippen LogP contribution in [0.4, 0.5) is 0 Å². The van der Waals surface area contributed by atoms with Crippen LogP contribution in [-0.2, 0) is 16.8 Å². The van der Waals surface area contributed by atoms with Crippen LogP contribution in [-0.4, -0.2) is 34.7 Å². The molecule has 0 unspecified atom stereocenters. The maximum absolute atomic E-state index is 11.6. The van der Waals surface area contributed by atoms with Crippen molar-refractivity contribution in [2.75, 3.05) is 14.1 Å². The van der Waals surface area contributed by atoms with Crippen LogP contribution < -0.4 is 0 Å². The van der Waals surface area contributed by atoms with Crippen LogP contribution in [0, 0.1) is 0 Å². The minimum Gasteiger partial charge on any atom is -0.347 e. The Morgan fingerprint density at radius 1 is 1.47 bits per heavy atom. The number of likely N-dealkylation sites (N-methyl/N-ethyl adjacent to an activating group) is 1. The second-order valence-corrected chi connectivity index (χ2v) is 5.35. The van der Waals surface area contributed by atoms with Gasteiger partial charge in [-0.25, -0.2) is 0 Å². The third-order valence-electron chi connectivity index (χ3n) is 3.09. The fourth-order valence-electron chi connectivity index (χ4n) is 1.85. The smallest absolute Gasteiger partial charge is 0.243 e. The van der Waals surface area contributed by atoms with Gasteiger partial charge < -0.3 is 4.90 Å². The van der Waals surface area contributed by atoms with Crippen LogP contribution in [0.25, 0.3) is 0 Å². The summed E-state index contributed by atoms with van der Waals surface area (Å²) >= 11 is 0. The van der Waals surface area contributed by atoms with Gasteiger partial charge in [-0.3, -0.25) is 9.48 Å². The fraction of sp³-hybridized carbons (Fsp3) is 0.692. The van der Waals surface area contributed by atoms with Gasteiger partial charge in [0.05, 0.1) is 6.20 Å². The Balaban J connectivity index is 2.75. The maximum atomic E-state index is 11.6. The second kappa shape index (κ2) is 5.34. The van der Waals surface area contributed by atoms with E-state index < -0.39 is 0 Å². The monoisotopic (exact) mass is 237 g/mol. The molecule has 0 aliphatic rings. The molecule has 96 valence electrons. The van der Waals surface area contributed by atoms with E-state index in [4.69, 9.17) is 0 Å². The largest absolute Gasteiger partial charge is 0.347 e. The molecule has 1 aromatic rings. The van der Waals surface area contributed by atoms with Gasteiger partial charge in [-0.1, -0.05) is 27.2 Å². The van der Waals surface area contributed by atoms with E-state index in [1.54, 1.807) is 23.7 Å². The summed E-state index contributed by atoms with van der Waals surface area (Å²) in [5, 5.41) is 4.26. The number of carbonyl (C=O) groups is 1. The Labute approximate surface area is 104 Å². The van der Waals surface area contributed by atoms with E-state index in [1.807, 2.05) is 12.4 Å². The lowest BCUT2D eigenvalue weighted by Gasteiger charge is -2.22. The standard InChI is InChI=1S/C13H23N3O/c1-6-7-13(2,3)11-8-14-16(9-11)10-12(17)15(4)5/h8-9H,6-7,10H2,1-5H3. The van der Waals surface area contributed by atoms with Crippen molar-refractivity contribution in [3.8, 4) is 0 Å². The predicted molar refractivity (Wildman–Crippen MR) is 68.9 cm³/mol. The Kier molecular flexibility index (Phi) is 4.32. The number of aromatic nitrogens is 2. The predicted octanol–water partition coefficient (Wildman–Crippen LogP) is 2.05. The van der Waals surface area contributed by atoms with E-state index in [-0.39, 0.29) is 11.3 Å². The van der Waals surface area contributed by atoms with Crippen LogP contribution in [0.5, 0.6) is 0 Å². The van der Waals surface area contributed by atoms with Crippen LogP contribution in [0.1, 0.15) is 39.2 Å². The lowest BCUT2D eigenvalue weighted by molar-refractivity contribution is -0.129. The Bertz CT molecular complexity index is 380. The number of amides is 1. The molecule has 1 heterocycles. The van der Waals surface area contributed by atoms with Crippen molar-refractivity contribution >= 4 is 5.91 Å². The summed E-state index contributed by atoms with van der Waals surface area (Å²) in [6.07, 6.45) is 6.13. The van der Waals surface area contributed by atoms with Gasteiger partial charge in [0.25, 0.3) is 0 Å². The first-order valence-corrected chi connectivity index (χ1v) is 6.10. The average molecular weight is 237 g/mol. The first kappa shape index (κ1) is 13.7. The number of nitrogens with zero attached hydrogens (tertiary/aromatic N) is 3. The van der Waals surface area contributed by atoms with Gasteiger partial charge in [0.2, 0.25) is 5.91 Å². The third kappa shape index (κ3) is 3.58. The van der Waals surface area contributed by atoms with Gasteiger partial charge in [0.1, 0.15) is 6.54 Å². The molecule has 0 N–H and O–H groups in total. The summed E-state index contributed by atoms with van der Waals surface area (Å²) in [5.41, 5.74) is 1.33. The van der Waals surface area contributed by atoms with Gasteiger partial charge >= 0.3 is 0 Å². The molecule has 0 aliphatic heterocycles. The van der Waals surface area contributed by atoms with Crippen molar-refractivity contribution in [1.82, 2.24) is 14.7 Å². The molecule has 0 radical (unpaired) electrons. The van der Waals surface area contributed by atoms with Gasteiger partial charge in [0, 0.05) is 20.3 Å². The van der Waals surface area contributed by atoms with Crippen LogP contribution in [0.2, 0.25) is 0 Å². The van der Waals surface area contributed by atoms with Crippen molar-refractivity contribution in [3.63, 3.8) is 0 Å². The Morgan fingerprint density at radius 3 is 2.65 bits per heavy atom. The highest BCUT2D eigenvalue weighted by molar-refractivity contribution is 5.75. The normalized spacial score (nSPS) is 11.6. The first-order chi connectivity index (χ1) is 7.86. The van der Waals surface area contributed by atoms with Gasteiger partial charge in [0.15, 0.2) is 0 Å². The summed E-state index contributed by atoms with van der Waals surface area (Å²) in [5.74, 6) is 0.0629. The lowest BCUT2D eigenvalue weighted by atomic mass is 9.83. The topological polar surface area (TPSA) is 38.1 Å². The highest BCUT2D eigenvalue weighted by Crippen LogP contribution is 2.27. The van der Waals surface area contributed by atoms with E-state index in [2.05, 4.69) is 25.9 Å². The molecule has 0 fully saturated rings. The summed E-state index contributed by atoms with van der Waals surface area (Å²) < 4.78 is 1.72. The van der Waals surface area contributed by atoms with E-state index >= 15 is 0 Å². The van der Waals surface area contributed by atoms with Crippen molar-refractivity contribution in [2.45, 2.75) is 45.6 Å². The highest BCUT2D eigenvalue weighted by Gasteiger charge is 2.21. The molecular weight excluding hydrogens is 214 g/mol. The number of carbonyl (C=O) groups excluding carboxylic acids is 1. The first-order valence-electron chi connectivity index (χ1n) is 6.10. The van der Waals surface area contributed by atoms with Crippen LogP contribution in [0.3, 0.4) is 0 Å². The number of hydrogen-bond acceptors (Lipinski definition) is 2. The zero-order chi connectivity index (χ0) is 13.1. The molecule has 1 rings (SSSR count). The summed E-state index contributed by atoms with van der Waals surface area (Å²) in [7, 11) is 3.52. The van der Waals surface area contributed by atoms with E-state index in [9.17, 15) is 4.79 Å². The molecule has 4 nitrogen and oxygen atoms in total. The third-order valence-corrected chi connectivity index (χ3v) is 3.09. The molecule has 0 atom stereocenters. The molecule has 1 amide bonds. The zero-order valence-corrected chi connectivity index (χ0v) is 11.5. The van der Waals surface area contributed by atoms with Crippen molar-refractivity contribution in [1.29, 1.82) is 0 Å². The van der Waals surface area contributed by atoms with Crippen molar-refractivity contribution in [3.05, 3.63) is 18.0 Å². The maximum Gasteiger partial charge on any atom is 0.243 e. The number of rotatable bonds is 5. The van der Waals surface area contributed by atoms with Crippen LogP contribution >= 0.6 is 0 Å². The molecule has 0 bridgehead atoms. The minimum atomic E-state index is 0.0629. The molecular formula is C13H23N3O. The number of hydrogen-bond donors (Lipinski definition) is 0.